The van der Waals surface area contributed by atoms with E-state index in [9.17, 15) is 22.8 Å². The van der Waals surface area contributed by atoms with E-state index in [0.717, 1.165) is 56.7 Å². The van der Waals surface area contributed by atoms with Crippen LogP contribution in [0.25, 0.3) is 0 Å². The van der Waals surface area contributed by atoms with Gasteiger partial charge in [0.1, 0.15) is 0 Å². The summed E-state index contributed by atoms with van der Waals surface area (Å²) in [4.78, 5) is 26.6. The maximum Gasteiger partial charge on any atom is 0.417 e. The van der Waals surface area contributed by atoms with Crippen molar-refractivity contribution < 1.29 is 27.5 Å². The molecule has 1 heterocycles. The van der Waals surface area contributed by atoms with E-state index in [4.69, 9.17) is 10.00 Å². The zero-order valence-electron chi connectivity index (χ0n) is 23.3. The Morgan fingerprint density at radius 1 is 0.951 bits per heavy atom. The molecule has 2 N–H and O–H groups in total. The number of hydrogen-bond donors (Lipinski definition) is 2. The van der Waals surface area contributed by atoms with E-state index in [1.807, 2.05) is 17.0 Å². The molecule has 220 valence electrons. The predicted octanol–water partition coefficient (Wildman–Crippen LogP) is 6.61. The molecule has 1 aliphatic carbocycles. The second kappa shape index (κ2) is 13.7. The van der Waals surface area contributed by atoms with Gasteiger partial charge >= 0.3 is 12.1 Å². The van der Waals surface area contributed by atoms with E-state index in [-0.39, 0.29) is 29.5 Å². The number of piperidine rings is 1. The number of likely N-dealkylation sites (tertiary alicyclic amines) is 1. The van der Waals surface area contributed by atoms with Crippen LogP contribution < -0.4 is 10.6 Å². The average molecular weight is 571 g/mol. The first-order chi connectivity index (χ1) is 19.7. The lowest BCUT2D eigenvalue weighted by Crippen LogP contribution is -2.42. The van der Waals surface area contributed by atoms with Gasteiger partial charge in [-0.3, -0.25) is 4.79 Å². The summed E-state index contributed by atoms with van der Waals surface area (Å²) < 4.78 is 44.8. The van der Waals surface area contributed by atoms with Crippen LogP contribution in [0, 0.1) is 17.2 Å². The first-order valence-corrected chi connectivity index (χ1v) is 14.4. The van der Waals surface area contributed by atoms with Crippen molar-refractivity contribution >= 4 is 23.3 Å². The third-order valence-corrected chi connectivity index (χ3v) is 8.04. The smallest absolute Gasteiger partial charge is 0.417 e. The maximum atomic E-state index is 13.3. The Morgan fingerprint density at radius 3 is 2.17 bits per heavy atom. The molecule has 10 heteroatoms. The molecule has 2 aromatic carbocycles. The van der Waals surface area contributed by atoms with Gasteiger partial charge in [0.15, 0.2) is 0 Å². The molecule has 0 spiro atoms. The molecule has 1 saturated carbocycles. The fourth-order valence-electron chi connectivity index (χ4n) is 5.71. The van der Waals surface area contributed by atoms with Crippen LogP contribution in [0.1, 0.15) is 79.8 Å². The highest BCUT2D eigenvalue weighted by molar-refractivity contribution is 5.89. The van der Waals surface area contributed by atoms with Gasteiger partial charge in [-0.1, -0.05) is 0 Å². The average Bonchev–Trinajstić information content (AvgIpc) is 2.97. The normalized spacial score (nSPS) is 19.7. The highest BCUT2D eigenvalue weighted by atomic mass is 19.4. The van der Waals surface area contributed by atoms with Crippen LogP contribution in [0.5, 0.6) is 0 Å². The lowest BCUT2D eigenvalue weighted by molar-refractivity contribution is -0.137. The molecule has 41 heavy (non-hydrogen) atoms. The number of hydrogen-bond acceptors (Lipinski definition) is 6. The van der Waals surface area contributed by atoms with E-state index < -0.39 is 11.7 Å². The summed E-state index contributed by atoms with van der Waals surface area (Å²) in [5.41, 5.74) is 0.545. The van der Waals surface area contributed by atoms with Crippen molar-refractivity contribution in [3.63, 3.8) is 0 Å². The first kappa shape index (κ1) is 30.2. The molecule has 0 bridgehead atoms. The Balaban J connectivity index is 1.15. The van der Waals surface area contributed by atoms with Gasteiger partial charge in [-0.15, -0.1) is 0 Å². The topological polar surface area (TPSA) is 94.5 Å². The second-order valence-electron chi connectivity index (χ2n) is 10.9. The van der Waals surface area contributed by atoms with Gasteiger partial charge in [0.2, 0.25) is 5.91 Å². The molecule has 2 aromatic rings. The zero-order valence-corrected chi connectivity index (χ0v) is 23.3. The Hall–Kier alpha value is -3.74. The lowest BCUT2D eigenvalue weighted by atomic mass is 9.83. The molecule has 7 nitrogen and oxygen atoms in total. The number of benzene rings is 2. The molecule has 1 amide bonds. The number of anilines is 2. The summed E-state index contributed by atoms with van der Waals surface area (Å²) in [5, 5.41) is 15.7. The summed E-state index contributed by atoms with van der Waals surface area (Å²) in [6.45, 7) is 3.53. The molecule has 2 aliphatic rings. The molecule has 0 unspecified atom stereocenters. The number of alkyl halides is 3. The van der Waals surface area contributed by atoms with E-state index in [1.54, 1.807) is 25.1 Å². The largest absolute Gasteiger partial charge is 0.462 e. The van der Waals surface area contributed by atoms with E-state index in [2.05, 4.69) is 10.6 Å². The van der Waals surface area contributed by atoms with Crippen LogP contribution in [0.3, 0.4) is 0 Å². The van der Waals surface area contributed by atoms with Crippen molar-refractivity contribution in [1.29, 1.82) is 5.26 Å². The van der Waals surface area contributed by atoms with Gasteiger partial charge in [-0.25, -0.2) is 4.79 Å². The van der Waals surface area contributed by atoms with Gasteiger partial charge in [-0.05, 0) is 100 Å². The van der Waals surface area contributed by atoms with E-state index in [1.165, 1.54) is 12.1 Å². The highest BCUT2D eigenvalue weighted by Crippen LogP contribution is 2.35. The number of ether oxygens (including phenoxy) is 1. The van der Waals surface area contributed by atoms with Crippen molar-refractivity contribution in [3.05, 3.63) is 59.2 Å². The Kier molecular flexibility index (Phi) is 10.1. The fraction of sp³-hybridized carbons (Fsp3) is 0.516. The molecular formula is C31H37F3N4O3. The van der Waals surface area contributed by atoms with E-state index in [0.29, 0.717) is 43.3 Å². The van der Waals surface area contributed by atoms with Crippen LogP contribution in [0.15, 0.2) is 42.5 Å². The van der Waals surface area contributed by atoms with Crippen molar-refractivity contribution in [2.24, 2.45) is 5.92 Å². The van der Waals surface area contributed by atoms with Gasteiger partial charge in [-0.2, -0.15) is 18.4 Å². The second-order valence-corrected chi connectivity index (χ2v) is 10.9. The van der Waals surface area contributed by atoms with Crippen molar-refractivity contribution in [3.8, 4) is 6.07 Å². The number of esters is 1. The van der Waals surface area contributed by atoms with Gasteiger partial charge in [0.25, 0.3) is 0 Å². The Bertz CT molecular complexity index is 1230. The van der Waals surface area contributed by atoms with Crippen LogP contribution >= 0.6 is 0 Å². The summed E-state index contributed by atoms with van der Waals surface area (Å²) in [5.74, 6) is 0.280. The highest BCUT2D eigenvalue weighted by Gasteiger charge is 2.34. The Morgan fingerprint density at radius 2 is 1.56 bits per heavy atom. The minimum absolute atomic E-state index is 0.0730. The number of nitrogens with one attached hydrogen (secondary N) is 2. The summed E-state index contributed by atoms with van der Waals surface area (Å²) in [7, 11) is 0. The molecule has 2 fully saturated rings. The number of nitriles is 1. The van der Waals surface area contributed by atoms with Crippen molar-refractivity contribution in [2.75, 3.05) is 30.3 Å². The summed E-state index contributed by atoms with van der Waals surface area (Å²) in [6, 6.07) is 12.9. The fourth-order valence-corrected chi connectivity index (χ4v) is 5.71. The molecular weight excluding hydrogens is 533 g/mol. The monoisotopic (exact) mass is 570 g/mol. The minimum atomic E-state index is -4.57. The number of amides is 1. The first-order valence-electron chi connectivity index (χ1n) is 14.4. The number of halogens is 3. The van der Waals surface area contributed by atoms with E-state index >= 15 is 0 Å². The van der Waals surface area contributed by atoms with Crippen molar-refractivity contribution in [2.45, 2.75) is 76.6 Å². The molecule has 4 rings (SSSR count). The van der Waals surface area contributed by atoms with Crippen LogP contribution in [-0.2, 0) is 15.7 Å². The van der Waals surface area contributed by atoms with Gasteiger partial charge in [0, 0.05) is 43.0 Å². The molecule has 1 aliphatic heterocycles. The van der Waals surface area contributed by atoms with Gasteiger partial charge < -0.3 is 20.3 Å². The van der Waals surface area contributed by atoms with Gasteiger partial charge in [0.05, 0.1) is 29.4 Å². The quantitative estimate of drug-likeness (QED) is 0.330. The molecule has 1 saturated heterocycles. The Labute approximate surface area is 239 Å². The maximum absolute atomic E-state index is 13.3. The SMILES string of the molecule is CCOC(=O)c1ccc(NC2CCN(C(=O)CCC3CCC(Nc4ccc(C#N)c(C(F)(F)F)c4)CC3)CC2)cc1. The lowest BCUT2D eigenvalue weighted by Gasteiger charge is -2.34. The number of carbonyl (C=O) groups is 2. The van der Waals surface area contributed by atoms with Crippen LogP contribution in [0.4, 0.5) is 24.5 Å². The summed E-state index contributed by atoms with van der Waals surface area (Å²) in [6.07, 6.45) is 1.99. The number of carbonyl (C=O) groups excluding carboxylic acids is 2. The molecule has 0 atom stereocenters. The summed E-state index contributed by atoms with van der Waals surface area (Å²) >= 11 is 0. The third-order valence-electron chi connectivity index (χ3n) is 8.04. The third kappa shape index (κ3) is 8.38. The number of nitrogens with zero attached hydrogens (tertiary/aromatic N) is 2. The predicted molar refractivity (Wildman–Crippen MR) is 150 cm³/mol. The molecule has 0 aromatic heterocycles. The minimum Gasteiger partial charge on any atom is -0.462 e. The van der Waals surface area contributed by atoms with Crippen LogP contribution in [-0.4, -0.2) is 48.6 Å². The van der Waals surface area contributed by atoms with Crippen LogP contribution in [0.2, 0.25) is 0 Å². The zero-order chi connectivity index (χ0) is 29.4. The standard InChI is InChI=1S/C31H37F3N4O3/c1-2-41-30(40)22-6-11-25(12-7-22)36-26-15-17-38(18-16-26)29(39)14-5-21-3-9-24(10-4-21)37-27-13-8-23(20-35)28(19-27)31(32,33)34/h6-8,11-13,19,21,24,26,36-37H,2-5,9-10,14-18H2,1H3. The van der Waals surface area contributed by atoms with Crippen molar-refractivity contribution in [1.82, 2.24) is 4.90 Å². The molecule has 0 radical (unpaired) electrons. The number of rotatable bonds is 9.